The summed E-state index contributed by atoms with van der Waals surface area (Å²) in [6.07, 6.45) is 2.99. The molecule has 0 aliphatic heterocycles. The van der Waals surface area contributed by atoms with Crippen LogP contribution < -0.4 is 10.1 Å². The van der Waals surface area contributed by atoms with Crippen LogP contribution in [0.15, 0.2) is 42.6 Å². The number of halogens is 1. The highest BCUT2D eigenvalue weighted by atomic mass is 35.5. The molecule has 0 bridgehead atoms. The molecule has 0 atom stereocenters. The van der Waals surface area contributed by atoms with E-state index in [0.29, 0.717) is 10.9 Å². The minimum atomic E-state index is 0.643. The molecule has 1 N–H and O–H groups in total. The Kier molecular flexibility index (Phi) is 4.95. The molecule has 2 aromatic heterocycles. The molecule has 0 aliphatic carbocycles. The van der Waals surface area contributed by atoms with Crippen molar-refractivity contribution in [2.75, 3.05) is 19.0 Å². The fraction of sp³-hybridized carbons (Fsp3) is 0.316. The first-order valence-electron chi connectivity index (χ1n) is 8.14. The van der Waals surface area contributed by atoms with Crippen molar-refractivity contribution in [1.82, 2.24) is 9.38 Å². The third-order valence-corrected chi connectivity index (χ3v) is 4.18. The van der Waals surface area contributed by atoms with Crippen molar-refractivity contribution in [3.63, 3.8) is 0 Å². The van der Waals surface area contributed by atoms with Crippen LogP contribution in [0.2, 0.25) is 5.02 Å². The Bertz CT molecular complexity index is 824. The van der Waals surface area contributed by atoms with Crippen molar-refractivity contribution < 1.29 is 4.74 Å². The van der Waals surface area contributed by atoms with Crippen molar-refractivity contribution in [2.24, 2.45) is 5.92 Å². The molecule has 126 valence electrons. The third kappa shape index (κ3) is 3.49. The molecule has 2 heterocycles. The van der Waals surface area contributed by atoms with E-state index in [4.69, 9.17) is 21.3 Å². The number of rotatable bonds is 6. The zero-order chi connectivity index (χ0) is 17.1. The molecule has 0 aliphatic rings. The molecule has 0 saturated heterocycles. The second-order valence-electron chi connectivity index (χ2n) is 6.22. The molecule has 4 nitrogen and oxygen atoms in total. The predicted molar refractivity (Wildman–Crippen MR) is 100 cm³/mol. The number of ether oxygens (including phenoxy) is 1. The molecule has 0 amide bonds. The van der Waals surface area contributed by atoms with E-state index >= 15 is 0 Å². The summed E-state index contributed by atoms with van der Waals surface area (Å²) >= 11 is 6.18. The fourth-order valence-electron chi connectivity index (χ4n) is 2.62. The van der Waals surface area contributed by atoms with Gasteiger partial charge in [-0.1, -0.05) is 25.4 Å². The van der Waals surface area contributed by atoms with Gasteiger partial charge in [0.15, 0.2) is 0 Å². The van der Waals surface area contributed by atoms with E-state index in [1.165, 1.54) is 0 Å². The minimum absolute atomic E-state index is 0.643. The molecule has 3 rings (SSSR count). The second-order valence-corrected chi connectivity index (χ2v) is 6.66. The summed E-state index contributed by atoms with van der Waals surface area (Å²) in [4.78, 5) is 4.78. The van der Waals surface area contributed by atoms with Crippen molar-refractivity contribution >= 4 is 23.1 Å². The van der Waals surface area contributed by atoms with Crippen LogP contribution in [0.3, 0.4) is 0 Å². The summed E-state index contributed by atoms with van der Waals surface area (Å²) in [7, 11) is 1.67. The summed E-state index contributed by atoms with van der Waals surface area (Å²) in [5, 5.41) is 4.22. The van der Waals surface area contributed by atoms with Crippen molar-refractivity contribution in [1.29, 1.82) is 0 Å². The van der Waals surface area contributed by atoms with Crippen LogP contribution in [0.1, 0.15) is 20.3 Å². The maximum absolute atomic E-state index is 6.18. The number of imidazole rings is 1. The Balaban J connectivity index is 2.04. The average Bonchev–Trinajstić information content (AvgIpc) is 2.93. The number of fused-ring (bicyclic) bond motifs is 1. The summed E-state index contributed by atoms with van der Waals surface area (Å²) in [5.41, 5.74) is 2.84. The van der Waals surface area contributed by atoms with Gasteiger partial charge in [-0.15, -0.1) is 0 Å². The van der Waals surface area contributed by atoms with Gasteiger partial charge in [0.1, 0.15) is 22.9 Å². The quantitative estimate of drug-likeness (QED) is 0.675. The van der Waals surface area contributed by atoms with Crippen LogP contribution in [-0.2, 0) is 0 Å². The van der Waals surface area contributed by atoms with Crippen molar-refractivity contribution in [3.05, 3.63) is 47.6 Å². The first-order chi connectivity index (χ1) is 11.6. The lowest BCUT2D eigenvalue weighted by Crippen LogP contribution is -2.07. The van der Waals surface area contributed by atoms with Gasteiger partial charge in [0, 0.05) is 18.3 Å². The SMILES string of the molecule is COc1ccc(-c2nc3ccc(Cl)cn3c2NCCC(C)C)cc1. The Labute approximate surface area is 147 Å². The van der Waals surface area contributed by atoms with Crippen LogP contribution in [0.25, 0.3) is 16.9 Å². The molecular formula is C19H22ClN3O. The first-order valence-corrected chi connectivity index (χ1v) is 8.52. The molecule has 0 saturated carbocycles. The highest BCUT2D eigenvalue weighted by Crippen LogP contribution is 2.31. The van der Waals surface area contributed by atoms with Crippen LogP contribution in [0.5, 0.6) is 5.75 Å². The number of hydrogen-bond acceptors (Lipinski definition) is 3. The molecule has 3 aromatic rings. The van der Waals surface area contributed by atoms with E-state index < -0.39 is 0 Å². The lowest BCUT2D eigenvalue weighted by atomic mass is 10.1. The van der Waals surface area contributed by atoms with Gasteiger partial charge < -0.3 is 10.1 Å². The number of pyridine rings is 1. The maximum Gasteiger partial charge on any atom is 0.139 e. The van der Waals surface area contributed by atoms with E-state index in [1.54, 1.807) is 7.11 Å². The minimum Gasteiger partial charge on any atom is -0.497 e. The number of anilines is 1. The average molecular weight is 344 g/mol. The largest absolute Gasteiger partial charge is 0.497 e. The Hall–Kier alpha value is -2.20. The van der Waals surface area contributed by atoms with Gasteiger partial charge in [-0.2, -0.15) is 0 Å². The lowest BCUT2D eigenvalue weighted by Gasteiger charge is -2.11. The Morgan fingerprint density at radius 3 is 2.58 bits per heavy atom. The maximum atomic E-state index is 6.18. The molecule has 0 fully saturated rings. The van der Waals surface area contributed by atoms with Crippen LogP contribution in [0.4, 0.5) is 5.82 Å². The molecule has 24 heavy (non-hydrogen) atoms. The molecule has 1 aromatic carbocycles. The van der Waals surface area contributed by atoms with Gasteiger partial charge in [0.25, 0.3) is 0 Å². The van der Waals surface area contributed by atoms with E-state index in [1.807, 2.05) is 47.0 Å². The molecule has 0 unspecified atom stereocenters. The van der Waals surface area contributed by atoms with Crippen LogP contribution in [-0.4, -0.2) is 23.0 Å². The number of aromatic nitrogens is 2. The highest BCUT2D eigenvalue weighted by Gasteiger charge is 2.14. The normalized spacial score (nSPS) is 11.2. The van der Waals surface area contributed by atoms with Gasteiger partial charge in [-0.25, -0.2) is 4.98 Å². The van der Waals surface area contributed by atoms with Gasteiger partial charge in [-0.05, 0) is 48.7 Å². The third-order valence-electron chi connectivity index (χ3n) is 3.96. The number of benzene rings is 1. The molecule has 0 spiro atoms. The standard InChI is InChI=1S/C19H22ClN3O/c1-13(2)10-11-21-19-18(14-4-7-16(24-3)8-5-14)22-17-9-6-15(20)12-23(17)19/h4-9,12-13,21H,10-11H2,1-3H3. The molecule has 5 heteroatoms. The monoisotopic (exact) mass is 343 g/mol. The Morgan fingerprint density at radius 2 is 1.92 bits per heavy atom. The number of hydrogen-bond donors (Lipinski definition) is 1. The first kappa shape index (κ1) is 16.7. The summed E-state index contributed by atoms with van der Waals surface area (Å²) in [6, 6.07) is 11.7. The van der Waals surface area contributed by atoms with E-state index in [9.17, 15) is 0 Å². The van der Waals surface area contributed by atoms with E-state index in [-0.39, 0.29) is 0 Å². The molecular weight excluding hydrogens is 322 g/mol. The van der Waals surface area contributed by atoms with E-state index in [2.05, 4.69) is 19.2 Å². The van der Waals surface area contributed by atoms with Crippen LogP contribution >= 0.6 is 11.6 Å². The zero-order valence-electron chi connectivity index (χ0n) is 14.2. The second kappa shape index (κ2) is 7.14. The van der Waals surface area contributed by atoms with Gasteiger partial charge in [0.05, 0.1) is 12.1 Å². The summed E-state index contributed by atoms with van der Waals surface area (Å²) in [6.45, 7) is 5.33. The lowest BCUT2D eigenvalue weighted by molar-refractivity contribution is 0.415. The Morgan fingerprint density at radius 1 is 1.17 bits per heavy atom. The zero-order valence-corrected chi connectivity index (χ0v) is 15.0. The van der Waals surface area contributed by atoms with Crippen molar-refractivity contribution in [2.45, 2.75) is 20.3 Å². The number of nitrogens with one attached hydrogen (secondary N) is 1. The van der Waals surface area contributed by atoms with Gasteiger partial charge in [0.2, 0.25) is 0 Å². The number of methoxy groups -OCH3 is 1. The van der Waals surface area contributed by atoms with Crippen molar-refractivity contribution in [3.8, 4) is 17.0 Å². The topological polar surface area (TPSA) is 38.6 Å². The fourth-order valence-corrected chi connectivity index (χ4v) is 2.78. The van der Waals surface area contributed by atoms with Gasteiger partial charge in [-0.3, -0.25) is 4.40 Å². The van der Waals surface area contributed by atoms with Crippen LogP contribution in [0, 0.1) is 5.92 Å². The summed E-state index contributed by atoms with van der Waals surface area (Å²) in [5.74, 6) is 2.45. The highest BCUT2D eigenvalue weighted by molar-refractivity contribution is 6.30. The smallest absolute Gasteiger partial charge is 0.139 e. The predicted octanol–water partition coefficient (Wildman–Crippen LogP) is 5.12. The van der Waals surface area contributed by atoms with Gasteiger partial charge >= 0.3 is 0 Å². The number of nitrogens with zero attached hydrogens (tertiary/aromatic N) is 2. The molecule has 0 radical (unpaired) electrons. The van der Waals surface area contributed by atoms with E-state index in [0.717, 1.165) is 41.4 Å². The summed E-state index contributed by atoms with van der Waals surface area (Å²) < 4.78 is 7.26.